The highest BCUT2D eigenvalue weighted by Gasteiger charge is 2.20. The number of carbonyl (C=O) groups excluding carboxylic acids is 1. The lowest BCUT2D eigenvalue weighted by Gasteiger charge is -2.22. The summed E-state index contributed by atoms with van der Waals surface area (Å²) in [5, 5.41) is 0. The largest absolute Gasteiger partial charge is 0.496 e. The smallest absolute Gasteiger partial charge is 0.168 e. The maximum absolute atomic E-state index is 11.2. The molecule has 0 bridgehead atoms. The number of Topliss-reactive ketones (excluding diaryl/α,β-unsaturated/α-hetero) is 1. The molecule has 4 nitrogen and oxygen atoms in total. The lowest BCUT2D eigenvalue weighted by Crippen LogP contribution is -2.17. The van der Waals surface area contributed by atoms with Crippen molar-refractivity contribution in [1.82, 2.24) is 0 Å². The molecule has 1 aliphatic heterocycles. The predicted octanol–water partition coefficient (Wildman–Crippen LogP) is 1.60. The second-order valence-electron chi connectivity index (χ2n) is 3.65. The van der Waals surface area contributed by atoms with Gasteiger partial charge >= 0.3 is 0 Å². The Hall–Kier alpha value is -1.71. The van der Waals surface area contributed by atoms with Crippen LogP contribution in [0.1, 0.15) is 12.5 Å². The number of methoxy groups -OCH3 is 1. The molecule has 0 atom stereocenters. The predicted molar refractivity (Wildman–Crippen MR) is 58.4 cm³/mol. The van der Waals surface area contributed by atoms with Crippen molar-refractivity contribution in [3.8, 4) is 17.2 Å². The molecule has 2 rings (SSSR count). The molecule has 86 valence electrons. The minimum atomic E-state index is 0.0703. The third-order valence-corrected chi connectivity index (χ3v) is 2.41. The number of hydrogen-bond acceptors (Lipinski definition) is 4. The molecule has 0 aromatic heterocycles. The number of hydrogen-bond donors (Lipinski definition) is 0. The Balaban J connectivity index is 2.47. The molecule has 1 aromatic carbocycles. The van der Waals surface area contributed by atoms with E-state index >= 15 is 0 Å². The summed E-state index contributed by atoms with van der Waals surface area (Å²) in [7, 11) is 1.58. The van der Waals surface area contributed by atoms with E-state index < -0.39 is 0 Å². The van der Waals surface area contributed by atoms with Gasteiger partial charge in [-0.2, -0.15) is 0 Å². The van der Waals surface area contributed by atoms with Crippen LogP contribution < -0.4 is 14.2 Å². The second kappa shape index (κ2) is 4.43. The van der Waals surface area contributed by atoms with Gasteiger partial charge in [0.2, 0.25) is 0 Å². The van der Waals surface area contributed by atoms with Crippen LogP contribution in [0.15, 0.2) is 12.1 Å². The zero-order valence-electron chi connectivity index (χ0n) is 9.41. The normalized spacial score (nSPS) is 13.4. The van der Waals surface area contributed by atoms with E-state index in [-0.39, 0.29) is 5.78 Å². The quantitative estimate of drug-likeness (QED) is 0.779. The Bertz CT molecular complexity index is 412. The molecular weight excluding hydrogens is 208 g/mol. The van der Waals surface area contributed by atoms with Crippen LogP contribution in [-0.2, 0) is 11.2 Å². The van der Waals surface area contributed by atoms with E-state index in [1.807, 2.05) is 0 Å². The van der Waals surface area contributed by atoms with Crippen molar-refractivity contribution in [3.05, 3.63) is 17.7 Å². The van der Waals surface area contributed by atoms with Gasteiger partial charge < -0.3 is 14.2 Å². The van der Waals surface area contributed by atoms with Crippen molar-refractivity contribution < 1.29 is 19.0 Å². The van der Waals surface area contributed by atoms with Gasteiger partial charge in [0.1, 0.15) is 24.7 Å². The fourth-order valence-corrected chi connectivity index (χ4v) is 1.76. The van der Waals surface area contributed by atoms with Gasteiger partial charge in [-0.15, -0.1) is 0 Å². The maximum Gasteiger partial charge on any atom is 0.168 e. The molecule has 0 saturated heterocycles. The van der Waals surface area contributed by atoms with Crippen molar-refractivity contribution in [1.29, 1.82) is 0 Å². The maximum atomic E-state index is 11.2. The highest BCUT2D eigenvalue weighted by atomic mass is 16.6. The van der Waals surface area contributed by atoms with Crippen LogP contribution in [0.25, 0.3) is 0 Å². The third-order valence-electron chi connectivity index (χ3n) is 2.41. The Labute approximate surface area is 94.1 Å². The van der Waals surface area contributed by atoms with E-state index in [4.69, 9.17) is 14.2 Å². The van der Waals surface area contributed by atoms with Crippen LogP contribution in [0.2, 0.25) is 0 Å². The lowest BCUT2D eigenvalue weighted by molar-refractivity contribution is -0.116. The zero-order valence-corrected chi connectivity index (χ0v) is 9.41. The summed E-state index contributed by atoms with van der Waals surface area (Å²) in [6.07, 6.45) is 0.301. The number of carbonyl (C=O) groups is 1. The molecular formula is C12H14O4. The van der Waals surface area contributed by atoms with Gasteiger partial charge in [0.25, 0.3) is 0 Å². The average Bonchev–Trinajstić information content (AvgIpc) is 2.29. The van der Waals surface area contributed by atoms with Crippen LogP contribution in [-0.4, -0.2) is 26.1 Å². The number of benzene rings is 1. The molecule has 0 aliphatic carbocycles. The van der Waals surface area contributed by atoms with Crippen molar-refractivity contribution in [2.24, 2.45) is 0 Å². The Morgan fingerprint density at radius 3 is 2.81 bits per heavy atom. The first-order valence-corrected chi connectivity index (χ1v) is 5.17. The van der Waals surface area contributed by atoms with Gasteiger partial charge in [-0.05, 0) is 19.1 Å². The number of rotatable bonds is 3. The monoisotopic (exact) mass is 222 g/mol. The van der Waals surface area contributed by atoms with Gasteiger partial charge in [-0.25, -0.2) is 0 Å². The zero-order chi connectivity index (χ0) is 11.5. The molecule has 4 heteroatoms. The second-order valence-corrected chi connectivity index (χ2v) is 3.65. The van der Waals surface area contributed by atoms with Crippen molar-refractivity contribution in [2.75, 3.05) is 20.3 Å². The van der Waals surface area contributed by atoms with Crippen LogP contribution in [0.4, 0.5) is 0 Å². The van der Waals surface area contributed by atoms with Gasteiger partial charge in [0.05, 0.1) is 7.11 Å². The van der Waals surface area contributed by atoms with Gasteiger partial charge in [0, 0.05) is 12.0 Å². The summed E-state index contributed by atoms with van der Waals surface area (Å²) in [4.78, 5) is 11.2. The SMILES string of the molecule is COc1ccc2c(c1CC(C)=O)OCCO2. The molecule has 0 radical (unpaired) electrons. The average molecular weight is 222 g/mol. The number of fused-ring (bicyclic) bond motifs is 1. The highest BCUT2D eigenvalue weighted by Crippen LogP contribution is 2.39. The van der Waals surface area contributed by atoms with Crippen LogP contribution >= 0.6 is 0 Å². The summed E-state index contributed by atoms with van der Waals surface area (Å²) < 4.78 is 16.2. The first-order valence-electron chi connectivity index (χ1n) is 5.17. The lowest BCUT2D eigenvalue weighted by atomic mass is 10.1. The third kappa shape index (κ3) is 1.96. The molecule has 16 heavy (non-hydrogen) atoms. The van der Waals surface area contributed by atoms with E-state index in [0.29, 0.717) is 36.9 Å². The number of ketones is 1. The fraction of sp³-hybridized carbons (Fsp3) is 0.417. The van der Waals surface area contributed by atoms with Crippen LogP contribution in [0, 0.1) is 0 Å². The van der Waals surface area contributed by atoms with E-state index in [1.54, 1.807) is 26.2 Å². The molecule has 0 N–H and O–H groups in total. The minimum Gasteiger partial charge on any atom is -0.496 e. The first kappa shape index (κ1) is 10.8. The molecule has 0 unspecified atom stereocenters. The minimum absolute atomic E-state index is 0.0703. The van der Waals surface area contributed by atoms with E-state index in [2.05, 4.69) is 0 Å². The molecule has 0 amide bonds. The standard InChI is InChI=1S/C12H14O4/c1-8(13)7-9-10(14-2)3-4-11-12(9)16-6-5-15-11/h3-4H,5-7H2,1-2H3. The van der Waals surface area contributed by atoms with Crippen molar-refractivity contribution in [3.63, 3.8) is 0 Å². The van der Waals surface area contributed by atoms with E-state index in [0.717, 1.165) is 5.56 Å². The van der Waals surface area contributed by atoms with E-state index in [1.165, 1.54) is 0 Å². The fourth-order valence-electron chi connectivity index (χ4n) is 1.76. The molecule has 1 aromatic rings. The Kier molecular flexibility index (Phi) is 2.99. The number of ether oxygens (including phenoxy) is 3. The summed E-state index contributed by atoms with van der Waals surface area (Å²) in [5.74, 6) is 2.06. The Morgan fingerprint density at radius 1 is 1.38 bits per heavy atom. The molecule has 0 spiro atoms. The first-order chi connectivity index (χ1) is 7.72. The Morgan fingerprint density at radius 2 is 2.12 bits per heavy atom. The van der Waals surface area contributed by atoms with Gasteiger partial charge in [0.15, 0.2) is 11.5 Å². The topological polar surface area (TPSA) is 44.8 Å². The van der Waals surface area contributed by atoms with E-state index in [9.17, 15) is 4.79 Å². The molecule has 0 saturated carbocycles. The summed E-state index contributed by atoms with van der Waals surface area (Å²) in [6, 6.07) is 3.60. The summed E-state index contributed by atoms with van der Waals surface area (Å²) in [5.41, 5.74) is 0.771. The van der Waals surface area contributed by atoms with Crippen molar-refractivity contribution >= 4 is 5.78 Å². The van der Waals surface area contributed by atoms with Gasteiger partial charge in [-0.1, -0.05) is 0 Å². The molecule has 1 aliphatic rings. The van der Waals surface area contributed by atoms with Gasteiger partial charge in [-0.3, -0.25) is 4.79 Å². The summed E-state index contributed by atoms with van der Waals surface area (Å²) in [6.45, 7) is 2.59. The highest BCUT2D eigenvalue weighted by molar-refractivity contribution is 5.80. The van der Waals surface area contributed by atoms with Crippen LogP contribution in [0.5, 0.6) is 17.2 Å². The molecule has 1 heterocycles. The van der Waals surface area contributed by atoms with Crippen LogP contribution in [0.3, 0.4) is 0 Å². The molecule has 0 fully saturated rings. The summed E-state index contributed by atoms with van der Waals surface area (Å²) >= 11 is 0. The van der Waals surface area contributed by atoms with Crippen molar-refractivity contribution in [2.45, 2.75) is 13.3 Å².